The first-order valence-electron chi connectivity index (χ1n) is 9.91. The first kappa shape index (κ1) is 24.7. The summed E-state index contributed by atoms with van der Waals surface area (Å²) in [5.41, 5.74) is 1.93. The summed E-state index contributed by atoms with van der Waals surface area (Å²) >= 11 is 1.17. The number of nitrogens with one attached hydrogen (secondary N) is 2. The highest BCUT2D eigenvalue weighted by molar-refractivity contribution is 7.93. The number of nitrogens with zero attached hydrogens (tertiary/aromatic N) is 2. The average molecular weight is 509 g/mol. The third-order valence-electron chi connectivity index (χ3n) is 4.56. The van der Waals surface area contributed by atoms with Crippen LogP contribution in [0.25, 0.3) is 0 Å². The molecule has 3 rings (SSSR count). The van der Waals surface area contributed by atoms with E-state index >= 15 is 0 Å². The van der Waals surface area contributed by atoms with Gasteiger partial charge in [0, 0.05) is 30.2 Å². The predicted octanol–water partition coefficient (Wildman–Crippen LogP) is 3.44. The van der Waals surface area contributed by atoms with Gasteiger partial charge in [-0.15, -0.1) is 11.3 Å². The Balaban J connectivity index is 1.56. The van der Waals surface area contributed by atoms with E-state index in [-0.39, 0.29) is 28.9 Å². The third kappa shape index (κ3) is 7.01. The quantitative estimate of drug-likeness (QED) is 0.432. The van der Waals surface area contributed by atoms with E-state index in [1.165, 1.54) is 46.1 Å². The van der Waals surface area contributed by atoms with E-state index in [1.807, 2.05) is 13.0 Å². The molecule has 0 fully saturated rings. The van der Waals surface area contributed by atoms with Crippen LogP contribution in [0, 0.1) is 6.92 Å². The largest absolute Gasteiger partial charge is 0.326 e. The number of carbonyl (C=O) groups is 1. The van der Waals surface area contributed by atoms with Gasteiger partial charge in [0.2, 0.25) is 15.9 Å². The van der Waals surface area contributed by atoms with Gasteiger partial charge < -0.3 is 5.32 Å². The maximum Gasteiger partial charge on any atom is 0.263 e. The molecule has 0 aliphatic rings. The summed E-state index contributed by atoms with van der Waals surface area (Å²) in [6.07, 6.45) is 3.05. The molecule has 12 heteroatoms. The van der Waals surface area contributed by atoms with Crippen LogP contribution in [0.2, 0.25) is 0 Å². The third-order valence-corrected chi connectivity index (χ3v) is 7.92. The molecular formula is C21H24N4O5S3. The number of aromatic nitrogens is 1. The van der Waals surface area contributed by atoms with Crippen LogP contribution in [0.1, 0.15) is 18.4 Å². The van der Waals surface area contributed by atoms with Crippen LogP contribution in [0.4, 0.5) is 16.5 Å². The van der Waals surface area contributed by atoms with Gasteiger partial charge in [0.15, 0.2) is 5.13 Å². The molecule has 9 nitrogen and oxygen atoms in total. The van der Waals surface area contributed by atoms with Crippen molar-refractivity contribution < 1.29 is 21.6 Å². The van der Waals surface area contributed by atoms with Gasteiger partial charge in [-0.3, -0.25) is 13.8 Å². The second-order valence-electron chi connectivity index (χ2n) is 7.29. The molecule has 0 atom stereocenters. The van der Waals surface area contributed by atoms with Crippen LogP contribution in [-0.4, -0.2) is 40.5 Å². The highest BCUT2D eigenvalue weighted by Crippen LogP contribution is 2.21. The minimum Gasteiger partial charge on any atom is -0.326 e. The number of sulfonamides is 2. The standard InChI is InChI=1S/C21H24N4O5S3/c1-16-5-3-6-18(15-16)25(32(2,27)28)13-4-7-20(26)23-17-8-10-19(11-9-17)33(29,30)24-21-22-12-14-31-21/h3,5-6,8-12,14-15H,4,7,13H2,1-2H3,(H,22,24)(H,23,26). The van der Waals surface area contributed by atoms with Crippen molar-refractivity contribution in [2.24, 2.45) is 0 Å². The monoisotopic (exact) mass is 508 g/mol. The van der Waals surface area contributed by atoms with E-state index in [0.717, 1.165) is 11.8 Å². The lowest BCUT2D eigenvalue weighted by Gasteiger charge is -2.22. The minimum absolute atomic E-state index is 0.0395. The molecule has 0 aliphatic carbocycles. The first-order valence-corrected chi connectivity index (χ1v) is 14.1. The van der Waals surface area contributed by atoms with Gasteiger partial charge in [0.1, 0.15) is 0 Å². The van der Waals surface area contributed by atoms with Crippen molar-refractivity contribution in [1.82, 2.24) is 4.98 Å². The molecule has 0 radical (unpaired) electrons. The smallest absolute Gasteiger partial charge is 0.263 e. The number of rotatable bonds is 10. The molecule has 0 spiro atoms. The normalized spacial score (nSPS) is 11.7. The Hall–Kier alpha value is -2.96. The van der Waals surface area contributed by atoms with Gasteiger partial charge >= 0.3 is 0 Å². The van der Waals surface area contributed by atoms with Crippen LogP contribution in [0.3, 0.4) is 0 Å². The summed E-state index contributed by atoms with van der Waals surface area (Å²) in [6.45, 7) is 2.04. The Labute approximate surface area is 197 Å². The zero-order valence-corrected chi connectivity index (χ0v) is 20.5. The summed E-state index contributed by atoms with van der Waals surface area (Å²) < 4.78 is 52.8. The number of hydrogen-bond acceptors (Lipinski definition) is 7. The second kappa shape index (κ2) is 10.3. The zero-order valence-electron chi connectivity index (χ0n) is 18.1. The summed E-state index contributed by atoms with van der Waals surface area (Å²) in [5.74, 6) is -0.302. The SMILES string of the molecule is Cc1cccc(N(CCCC(=O)Nc2ccc(S(=O)(=O)Nc3nccs3)cc2)S(C)(=O)=O)c1. The molecule has 1 heterocycles. The highest BCUT2D eigenvalue weighted by Gasteiger charge is 2.18. The number of hydrogen-bond donors (Lipinski definition) is 2. The maximum absolute atomic E-state index is 12.4. The van der Waals surface area contributed by atoms with Crippen molar-refractivity contribution in [3.8, 4) is 0 Å². The number of anilines is 3. The van der Waals surface area contributed by atoms with Gasteiger partial charge in [0.25, 0.3) is 10.0 Å². The van der Waals surface area contributed by atoms with E-state index in [0.29, 0.717) is 17.8 Å². The van der Waals surface area contributed by atoms with Gasteiger partial charge in [-0.2, -0.15) is 0 Å². The molecule has 2 N–H and O–H groups in total. The first-order chi connectivity index (χ1) is 15.5. The molecule has 0 unspecified atom stereocenters. The number of benzene rings is 2. The van der Waals surface area contributed by atoms with Crippen molar-refractivity contribution in [3.63, 3.8) is 0 Å². The van der Waals surface area contributed by atoms with Gasteiger partial charge in [-0.25, -0.2) is 21.8 Å². The van der Waals surface area contributed by atoms with Gasteiger partial charge in [0.05, 0.1) is 16.8 Å². The van der Waals surface area contributed by atoms with Crippen LogP contribution in [-0.2, 0) is 24.8 Å². The van der Waals surface area contributed by atoms with E-state index < -0.39 is 20.0 Å². The topological polar surface area (TPSA) is 126 Å². The maximum atomic E-state index is 12.4. The lowest BCUT2D eigenvalue weighted by atomic mass is 10.2. The summed E-state index contributed by atoms with van der Waals surface area (Å²) in [6, 6.07) is 12.9. The molecule has 0 saturated carbocycles. The molecule has 2 aromatic carbocycles. The highest BCUT2D eigenvalue weighted by atomic mass is 32.2. The lowest BCUT2D eigenvalue weighted by molar-refractivity contribution is -0.116. The van der Waals surface area contributed by atoms with Crippen molar-refractivity contribution >= 4 is 53.8 Å². The van der Waals surface area contributed by atoms with E-state index in [2.05, 4.69) is 15.0 Å². The Kier molecular flexibility index (Phi) is 7.72. The molecule has 0 aliphatic heterocycles. The Bertz CT molecular complexity index is 1310. The summed E-state index contributed by atoms with van der Waals surface area (Å²) in [7, 11) is -7.27. The number of carbonyl (C=O) groups excluding carboxylic acids is 1. The number of thiazole rings is 1. The fourth-order valence-electron chi connectivity index (χ4n) is 3.04. The Morgan fingerprint density at radius 3 is 2.42 bits per heavy atom. The van der Waals surface area contributed by atoms with Crippen LogP contribution in [0.5, 0.6) is 0 Å². The molecule has 1 amide bonds. The Morgan fingerprint density at radius 1 is 1.09 bits per heavy atom. The van der Waals surface area contributed by atoms with E-state index in [4.69, 9.17) is 0 Å². The fourth-order valence-corrected chi connectivity index (χ4v) is 5.79. The molecule has 0 saturated heterocycles. The van der Waals surface area contributed by atoms with E-state index in [9.17, 15) is 21.6 Å². The zero-order chi connectivity index (χ0) is 24.1. The molecule has 1 aromatic heterocycles. The van der Waals surface area contributed by atoms with Crippen molar-refractivity contribution in [1.29, 1.82) is 0 Å². The average Bonchev–Trinajstić information content (AvgIpc) is 3.23. The molecule has 3 aromatic rings. The van der Waals surface area contributed by atoms with Crippen molar-refractivity contribution in [3.05, 3.63) is 65.7 Å². The molecule has 0 bridgehead atoms. The van der Waals surface area contributed by atoms with Crippen molar-refractivity contribution in [2.75, 3.05) is 27.1 Å². The second-order valence-corrected chi connectivity index (χ2v) is 11.8. The van der Waals surface area contributed by atoms with E-state index in [1.54, 1.807) is 23.6 Å². The predicted molar refractivity (Wildman–Crippen MR) is 131 cm³/mol. The molecule has 33 heavy (non-hydrogen) atoms. The molecular weight excluding hydrogens is 484 g/mol. The number of amides is 1. The van der Waals surface area contributed by atoms with Crippen LogP contribution in [0.15, 0.2) is 65.0 Å². The number of aryl methyl sites for hydroxylation is 1. The van der Waals surface area contributed by atoms with Crippen LogP contribution < -0.4 is 14.3 Å². The van der Waals surface area contributed by atoms with Gasteiger partial charge in [-0.1, -0.05) is 12.1 Å². The summed E-state index contributed by atoms with van der Waals surface area (Å²) in [5, 5.41) is 4.62. The lowest BCUT2D eigenvalue weighted by Crippen LogP contribution is -2.31. The Morgan fingerprint density at radius 2 is 1.82 bits per heavy atom. The fraction of sp³-hybridized carbons (Fsp3) is 0.238. The van der Waals surface area contributed by atoms with Crippen LogP contribution >= 0.6 is 11.3 Å². The van der Waals surface area contributed by atoms with Crippen molar-refractivity contribution in [2.45, 2.75) is 24.7 Å². The summed E-state index contributed by atoms with van der Waals surface area (Å²) in [4.78, 5) is 16.2. The van der Waals surface area contributed by atoms with Gasteiger partial charge in [-0.05, 0) is 55.3 Å². The molecule has 176 valence electrons. The minimum atomic E-state index is -3.77.